The molecule has 0 spiro atoms. The zero-order valence-electron chi connectivity index (χ0n) is 34.0. The molecule has 52 heavy (non-hydrogen) atoms. The summed E-state index contributed by atoms with van der Waals surface area (Å²) in [5.74, 6) is -1.55. The molecule has 1 aliphatic rings. The van der Waals surface area contributed by atoms with Crippen LogP contribution >= 0.6 is 0 Å². The Morgan fingerprint density at radius 1 is 1.00 bits per heavy atom. The first kappa shape index (κ1) is 48.9. The fourth-order valence-electron chi connectivity index (χ4n) is 6.64. The molecule has 5 N–H and O–H groups in total. The van der Waals surface area contributed by atoms with Gasteiger partial charge in [0.2, 0.25) is 23.6 Å². The van der Waals surface area contributed by atoms with Crippen molar-refractivity contribution in [1.29, 1.82) is 0 Å². The van der Waals surface area contributed by atoms with E-state index in [0.717, 1.165) is 12.8 Å². The van der Waals surface area contributed by atoms with Gasteiger partial charge < -0.3 is 45.4 Å². The molecule has 1 rings (SSSR count). The van der Waals surface area contributed by atoms with E-state index in [1.165, 1.54) is 20.3 Å². The molecule has 4 amide bonds. The molecule has 9 unspecified atom stereocenters. The Labute approximate surface area is 313 Å². The molecular weight excluding hydrogens is 666 g/mol. The fraction of sp³-hybridized carbons (Fsp3) is 0.744. The Hall–Kier alpha value is -3.10. The van der Waals surface area contributed by atoms with Crippen molar-refractivity contribution in [1.82, 2.24) is 25.8 Å². The fourth-order valence-corrected chi connectivity index (χ4v) is 6.64. The molecular formula is C39H71N5O8. The van der Waals surface area contributed by atoms with E-state index in [1.54, 1.807) is 63.7 Å². The highest BCUT2D eigenvalue weighted by atomic mass is 16.5. The summed E-state index contributed by atoms with van der Waals surface area (Å²) in [6.07, 6.45) is 4.57. The van der Waals surface area contributed by atoms with Crippen LogP contribution in [0.3, 0.4) is 0 Å². The van der Waals surface area contributed by atoms with Gasteiger partial charge in [0.1, 0.15) is 0 Å². The van der Waals surface area contributed by atoms with Crippen LogP contribution in [0.4, 0.5) is 0 Å². The molecule has 0 aliphatic carbocycles. The summed E-state index contributed by atoms with van der Waals surface area (Å²) in [7, 11) is 6.47. The third kappa shape index (κ3) is 15.1. The van der Waals surface area contributed by atoms with Crippen LogP contribution in [-0.2, 0) is 28.7 Å². The lowest BCUT2D eigenvalue weighted by Gasteiger charge is -2.39. The first-order chi connectivity index (χ1) is 24.4. The smallest absolute Gasteiger partial charge is 0.242 e. The molecule has 0 aromatic carbocycles. The molecule has 1 aliphatic heterocycles. The summed E-state index contributed by atoms with van der Waals surface area (Å²) in [5, 5.41) is 27.4. The van der Waals surface area contributed by atoms with E-state index in [2.05, 4.69) is 29.1 Å². The molecule has 13 nitrogen and oxygen atoms in total. The van der Waals surface area contributed by atoms with Crippen molar-refractivity contribution < 1.29 is 38.9 Å². The minimum Gasteiger partial charge on any atom is -0.394 e. The Morgan fingerprint density at radius 2 is 1.60 bits per heavy atom. The van der Waals surface area contributed by atoms with Gasteiger partial charge in [-0.15, -0.1) is 0 Å². The standard InChI is InChI=1S/C36H63N5O7.C3H8O/c1-13-17-26(15-3)33(44)25(8)39-35(45)24(7)34(48-12)27-18-16-19-41(27)29(42)20-28(47-11)32(23(6)14-2)40(10)30(43)21-38-36(46)31(37-9)22(4)5;1-3(2)4/h13,15,17,22-25,27-28,31-34,37,44H,1,3,14,16,18-21H2,2,4-12H3,(H,38,46)(H,39,45);3-4H,1-2H3/b26-17+;. The highest BCUT2D eigenvalue weighted by Gasteiger charge is 2.42. The zero-order chi connectivity index (χ0) is 40.3. The molecule has 1 heterocycles. The lowest BCUT2D eigenvalue weighted by molar-refractivity contribution is -0.146. The molecule has 1 fully saturated rings. The SMILES string of the molecule is C=C/C=C(\C=C)C(O)C(C)NC(=O)C(C)C(OC)C1CCCN1C(=O)CC(OC)C(C(C)CC)N(C)C(=O)CNC(=O)C(NC)C(C)C.CC(C)O. The van der Waals surface area contributed by atoms with Gasteiger partial charge >= 0.3 is 0 Å². The molecule has 1 saturated heterocycles. The molecule has 9 atom stereocenters. The van der Waals surface area contributed by atoms with Crippen molar-refractivity contribution in [2.75, 3.05) is 41.4 Å². The van der Waals surface area contributed by atoms with E-state index in [4.69, 9.17) is 14.6 Å². The number of carbonyl (C=O) groups is 4. The number of likely N-dealkylation sites (N-methyl/N-ethyl adjacent to an activating group) is 2. The summed E-state index contributed by atoms with van der Waals surface area (Å²) in [4.78, 5) is 56.6. The summed E-state index contributed by atoms with van der Waals surface area (Å²) in [6.45, 7) is 22.5. The number of aliphatic hydroxyl groups excluding tert-OH is 2. The van der Waals surface area contributed by atoms with E-state index >= 15 is 0 Å². The average molecular weight is 738 g/mol. The number of carbonyl (C=O) groups excluding carboxylic acids is 4. The van der Waals surface area contributed by atoms with Gasteiger partial charge in [0.25, 0.3) is 0 Å². The predicted octanol–water partition coefficient (Wildman–Crippen LogP) is 2.82. The minimum atomic E-state index is -0.974. The van der Waals surface area contributed by atoms with Crippen LogP contribution in [0, 0.1) is 17.8 Å². The van der Waals surface area contributed by atoms with Gasteiger partial charge in [0.15, 0.2) is 0 Å². The molecule has 0 bridgehead atoms. The highest BCUT2D eigenvalue weighted by Crippen LogP contribution is 2.29. The van der Waals surface area contributed by atoms with E-state index in [-0.39, 0.29) is 60.6 Å². The van der Waals surface area contributed by atoms with Crippen molar-refractivity contribution in [2.24, 2.45) is 17.8 Å². The molecule has 0 aromatic heterocycles. The summed E-state index contributed by atoms with van der Waals surface area (Å²) in [5.41, 5.74) is 0.537. The number of allylic oxidation sites excluding steroid dienone is 2. The maximum Gasteiger partial charge on any atom is 0.242 e. The quantitative estimate of drug-likeness (QED) is 0.111. The maximum absolute atomic E-state index is 13.9. The van der Waals surface area contributed by atoms with Crippen molar-refractivity contribution in [3.8, 4) is 0 Å². The zero-order valence-corrected chi connectivity index (χ0v) is 34.0. The van der Waals surface area contributed by atoms with Gasteiger partial charge in [-0.3, -0.25) is 19.2 Å². The Bertz CT molecular complexity index is 1160. The summed E-state index contributed by atoms with van der Waals surface area (Å²) >= 11 is 0. The lowest BCUT2D eigenvalue weighted by atomic mass is 9.90. The number of nitrogens with one attached hydrogen (secondary N) is 3. The number of amides is 4. The third-order valence-electron chi connectivity index (χ3n) is 9.71. The van der Waals surface area contributed by atoms with Crippen molar-refractivity contribution in [3.05, 3.63) is 37.0 Å². The number of methoxy groups -OCH3 is 2. The number of rotatable bonds is 21. The van der Waals surface area contributed by atoms with Gasteiger partial charge in [-0.2, -0.15) is 0 Å². The van der Waals surface area contributed by atoms with Crippen LogP contribution in [0.1, 0.15) is 81.1 Å². The first-order valence-electron chi connectivity index (χ1n) is 18.6. The second-order valence-electron chi connectivity index (χ2n) is 14.3. The van der Waals surface area contributed by atoms with Gasteiger partial charge in [-0.1, -0.05) is 72.4 Å². The van der Waals surface area contributed by atoms with Crippen LogP contribution in [-0.4, -0.2) is 134 Å². The third-order valence-corrected chi connectivity index (χ3v) is 9.71. The lowest BCUT2D eigenvalue weighted by Crippen LogP contribution is -2.55. The number of hydrogen-bond acceptors (Lipinski definition) is 9. The van der Waals surface area contributed by atoms with Gasteiger partial charge in [-0.25, -0.2) is 0 Å². The molecule has 0 saturated carbocycles. The molecule has 0 aromatic rings. The van der Waals surface area contributed by atoms with Gasteiger partial charge in [0.05, 0.1) is 61.4 Å². The second-order valence-corrected chi connectivity index (χ2v) is 14.3. The van der Waals surface area contributed by atoms with Crippen molar-refractivity contribution in [3.63, 3.8) is 0 Å². The van der Waals surface area contributed by atoms with Crippen LogP contribution in [0.25, 0.3) is 0 Å². The second kappa shape index (κ2) is 25.0. The number of ether oxygens (including phenoxy) is 2. The van der Waals surface area contributed by atoms with E-state index in [0.29, 0.717) is 18.5 Å². The number of nitrogens with zero attached hydrogens (tertiary/aromatic N) is 2. The minimum absolute atomic E-state index is 0.00166. The Balaban J connectivity index is 0.00000615. The van der Waals surface area contributed by atoms with Crippen molar-refractivity contribution in [2.45, 2.75) is 130 Å². The highest BCUT2D eigenvalue weighted by molar-refractivity contribution is 5.87. The summed E-state index contributed by atoms with van der Waals surface area (Å²) < 4.78 is 11.7. The van der Waals surface area contributed by atoms with Gasteiger partial charge in [-0.05, 0) is 58.1 Å². The van der Waals surface area contributed by atoms with Crippen LogP contribution < -0.4 is 16.0 Å². The Kier molecular flexibility index (Phi) is 23.5. The maximum atomic E-state index is 13.9. The molecule has 0 radical (unpaired) electrons. The topological polar surface area (TPSA) is 170 Å². The van der Waals surface area contributed by atoms with Crippen LogP contribution in [0.15, 0.2) is 37.0 Å². The predicted molar refractivity (Wildman–Crippen MR) is 206 cm³/mol. The number of hydrogen-bond donors (Lipinski definition) is 5. The normalized spacial score (nSPS) is 19.3. The number of aliphatic hydroxyl groups is 2. The molecule has 13 heteroatoms. The average Bonchev–Trinajstić information content (AvgIpc) is 3.58. The number of likely N-dealkylation sites (tertiary alicyclic amines) is 1. The van der Waals surface area contributed by atoms with Crippen LogP contribution in [0.2, 0.25) is 0 Å². The van der Waals surface area contributed by atoms with Crippen LogP contribution in [0.5, 0.6) is 0 Å². The van der Waals surface area contributed by atoms with Crippen molar-refractivity contribution >= 4 is 23.6 Å². The van der Waals surface area contributed by atoms with E-state index < -0.39 is 42.4 Å². The van der Waals surface area contributed by atoms with E-state index in [1.807, 2.05) is 27.7 Å². The summed E-state index contributed by atoms with van der Waals surface area (Å²) in [6, 6.07) is -1.79. The Morgan fingerprint density at radius 3 is 2.06 bits per heavy atom. The molecule has 300 valence electrons. The van der Waals surface area contributed by atoms with E-state index in [9.17, 15) is 24.3 Å². The monoisotopic (exact) mass is 738 g/mol. The van der Waals surface area contributed by atoms with Gasteiger partial charge in [0, 0.05) is 33.9 Å². The largest absolute Gasteiger partial charge is 0.394 e. The first-order valence-corrected chi connectivity index (χ1v) is 18.6.